The van der Waals surface area contributed by atoms with E-state index in [0.29, 0.717) is 0 Å². The molecule has 0 unspecified atom stereocenters. The second-order valence-corrected chi connectivity index (χ2v) is 3.88. The van der Waals surface area contributed by atoms with Gasteiger partial charge in [0.1, 0.15) is 18.3 Å². The zero-order valence-electron chi connectivity index (χ0n) is 11.8. The van der Waals surface area contributed by atoms with Gasteiger partial charge in [0.25, 0.3) is 0 Å². The van der Waals surface area contributed by atoms with E-state index in [1.54, 1.807) is 13.8 Å². The summed E-state index contributed by atoms with van der Waals surface area (Å²) in [6.45, 7) is 6.83. The van der Waals surface area contributed by atoms with E-state index in [-0.39, 0.29) is 25.3 Å². The molecule has 8 nitrogen and oxygen atoms in total. The Morgan fingerprint density at radius 1 is 1.33 bits per heavy atom. The van der Waals surface area contributed by atoms with Crippen LogP contribution >= 0.6 is 0 Å². The third-order valence-corrected chi connectivity index (χ3v) is 2.52. The highest BCUT2D eigenvalue weighted by molar-refractivity contribution is 6.06. The molecule has 0 radical (unpaired) electrons. The Labute approximate surface area is 121 Å². The van der Waals surface area contributed by atoms with Crippen LogP contribution in [-0.2, 0) is 16.0 Å². The second-order valence-electron chi connectivity index (χ2n) is 3.88. The Hall–Kier alpha value is -2.64. The zero-order valence-corrected chi connectivity index (χ0v) is 11.8. The average Bonchev–Trinajstić information content (AvgIpc) is 2.79. The van der Waals surface area contributed by atoms with Crippen molar-refractivity contribution in [2.45, 2.75) is 20.4 Å². The molecule has 0 aromatic carbocycles. The van der Waals surface area contributed by atoms with Gasteiger partial charge in [0.15, 0.2) is 5.56 Å². The summed E-state index contributed by atoms with van der Waals surface area (Å²) in [4.78, 5) is 34.3. The molecule has 0 bridgehead atoms. The molecule has 114 valence electrons. The number of hydrogen-bond acceptors (Lipinski definition) is 6. The third kappa shape index (κ3) is 3.47. The van der Waals surface area contributed by atoms with E-state index in [4.69, 9.17) is 9.47 Å². The van der Waals surface area contributed by atoms with E-state index in [2.05, 4.69) is 6.58 Å². The predicted molar refractivity (Wildman–Crippen MR) is 73.2 cm³/mol. The fraction of sp³-hybridized carbons (Fsp3) is 0.385. The number of esters is 2. The number of allylic oxidation sites excluding steroid dienone is 1. The molecule has 0 atom stereocenters. The third-order valence-electron chi connectivity index (χ3n) is 2.52. The topological polar surface area (TPSA) is 101 Å². The number of nitro groups is 1. The summed E-state index contributed by atoms with van der Waals surface area (Å²) in [6, 6.07) is 0. The van der Waals surface area contributed by atoms with Gasteiger partial charge in [0.05, 0.1) is 13.2 Å². The molecule has 21 heavy (non-hydrogen) atoms. The van der Waals surface area contributed by atoms with Gasteiger partial charge in [-0.15, -0.1) is 0 Å². The molecule has 8 heteroatoms. The van der Waals surface area contributed by atoms with Crippen LogP contribution in [0.1, 0.15) is 34.6 Å². The monoisotopic (exact) mass is 296 g/mol. The van der Waals surface area contributed by atoms with E-state index < -0.39 is 28.2 Å². The maximum atomic E-state index is 11.9. The highest BCUT2D eigenvalue weighted by Crippen LogP contribution is 2.27. The number of ether oxygens (including phenoxy) is 2. The van der Waals surface area contributed by atoms with Gasteiger partial charge in [-0.1, -0.05) is 12.7 Å². The van der Waals surface area contributed by atoms with Crippen molar-refractivity contribution >= 4 is 17.8 Å². The summed E-state index contributed by atoms with van der Waals surface area (Å²) in [5.74, 6) is -2.27. The van der Waals surface area contributed by atoms with Crippen molar-refractivity contribution in [3.63, 3.8) is 0 Å². The van der Waals surface area contributed by atoms with E-state index in [0.717, 1.165) is 4.57 Å². The van der Waals surface area contributed by atoms with E-state index >= 15 is 0 Å². The van der Waals surface area contributed by atoms with Crippen LogP contribution in [-0.4, -0.2) is 34.6 Å². The molecule has 0 aliphatic carbocycles. The quantitative estimate of drug-likeness (QED) is 0.330. The van der Waals surface area contributed by atoms with Crippen LogP contribution in [0.2, 0.25) is 0 Å². The standard InChI is InChI=1S/C13H16N2O6/c1-4-7-14-8-9(12(16)20-5-2)10(11(14)15(18)19)13(17)21-6-3/h4,8H,1,5-7H2,2-3H3. The number of rotatable bonds is 7. The maximum absolute atomic E-state index is 11.9. The van der Waals surface area contributed by atoms with Gasteiger partial charge in [-0.3, -0.25) is 0 Å². The van der Waals surface area contributed by atoms with Crippen molar-refractivity contribution in [2.75, 3.05) is 13.2 Å². The zero-order chi connectivity index (χ0) is 16.0. The molecule has 0 saturated heterocycles. The number of carbonyl (C=O) groups is 2. The van der Waals surface area contributed by atoms with Gasteiger partial charge in [-0.05, 0) is 18.8 Å². The van der Waals surface area contributed by atoms with Crippen molar-refractivity contribution in [1.29, 1.82) is 0 Å². The number of nitrogens with zero attached hydrogens (tertiary/aromatic N) is 2. The predicted octanol–water partition coefficient (Wildman–Crippen LogP) is 1.94. The molecule has 1 rings (SSSR count). The summed E-state index contributed by atoms with van der Waals surface area (Å²) in [6.07, 6.45) is 2.61. The lowest BCUT2D eigenvalue weighted by molar-refractivity contribution is -0.392. The van der Waals surface area contributed by atoms with Crippen LogP contribution in [0.25, 0.3) is 0 Å². The molecule has 0 amide bonds. The number of carbonyl (C=O) groups excluding carboxylic acids is 2. The number of hydrogen-bond donors (Lipinski definition) is 0. The first-order chi connectivity index (χ1) is 9.97. The summed E-state index contributed by atoms with van der Waals surface area (Å²) in [7, 11) is 0. The van der Waals surface area contributed by atoms with E-state index in [1.807, 2.05) is 0 Å². The van der Waals surface area contributed by atoms with Crippen molar-refractivity contribution < 1.29 is 24.0 Å². The fourth-order valence-electron chi connectivity index (χ4n) is 1.79. The average molecular weight is 296 g/mol. The highest BCUT2D eigenvalue weighted by atomic mass is 16.6. The van der Waals surface area contributed by atoms with Crippen LogP contribution in [0.3, 0.4) is 0 Å². The Kier molecular flexibility index (Phi) is 5.65. The molecule has 0 aliphatic rings. The van der Waals surface area contributed by atoms with E-state index in [9.17, 15) is 19.7 Å². The van der Waals surface area contributed by atoms with Crippen molar-refractivity contribution in [3.05, 3.63) is 40.1 Å². The van der Waals surface area contributed by atoms with Crippen LogP contribution in [0.4, 0.5) is 5.82 Å². The molecule has 0 N–H and O–H groups in total. The van der Waals surface area contributed by atoms with Crippen LogP contribution in [0.15, 0.2) is 18.9 Å². The Morgan fingerprint density at radius 3 is 2.38 bits per heavy atom. The van der Waals surface area contributed by atoms with Crippen LogP contribution in [0, 0.1) is 10.1 Å². The maximum Gasteiger partial charge on any atom is 0.347 e. The SMILES string of the molecule is C=CCn1cc(C(=O)OCC)c(C(=O)OCC)c1[N+](=O)[O-]. The molecule has 1 aromatic heterocycles. The molecule has 0 aliphatic heterocycles. The summed E-state index contributed by atoms with van der Waals surface area (Å²) in [5.41, 5.74) is -0.592. The van der Waals surface area contributed by atoms with Gasteiger partial charge in [-0.25, -0.2) is 14.2 Å². The molecule has 0 saturated carbocycles. The lowest BCUT2D eigenvalue weighted by Gasteiger charge is -2.04. The fourth-order valence-corrected chi connectivity index (χ4v) is 1.79. The van der Waals surface area contributed by atoms with Crippen LogP contribution in [0.5, 0.6) is 0 Å². The highest BCUT2D eigenvalue weighted by Gasteiger charge is 2.34. The molecular weight excluding hydrogens is 280 g/mol. The molecular formula is C13H16N2O6. The second kappa shape index (κ2) is 7.22. The minimum absolute atomic E-state index is 0.0326. The smallest absolute Gasteiger partial charge is 0.347 e. The lowest BCUT2D eigenvalue weighted by Crippen LogP contribution is -2.13. The molecule has 1 aromatic rings. The summed E-state index contributed by atoms with van der Waals surface area (Å²) < 4.78 is 10.7. The van der Waals surface area contributed by atoms with Crippen molar-refractivity contribution in [1.82, 2.24) is 4.57 Å². The Morgan fingerprint density at radius 2 is 1.90 bits per heavy atom. The van der Waals surface area contributed by atoms with Crippen molar-refractivity contribution in [2.24, 2.45) is 0 Å². The molecule has 1 heterocycles. The van der Waals surface area contributed by atoms with Gasteiger partial charge in [0, 0.05) is 0 Å². The van der Waals surface area contributed by atoms with Crippen molar-refractivity contribution in [3.8, 4) is 0 Å². The number of aromatic nitrogens is 1. The van der Waals surface area contributed by atoms with Gasteiger partial charge >= 0.3 is 17.8 Å². The lowest BCUT2D eigenvalue weighted by atomic mass is 10.2. The first kappa shape index (κ1) is 16.4. The van der Waals surface area contributed by atoms with Gasteiger partial charge < -0.3 is 19.6 Å². The van der Waals surface area contributed by atoms with E-state index in [1.165, 1.54) is 12.3 Å². The van der Waals surface area contributed by atoms with Gasteiger partial charge in [-0.2, -0.15) is 0 Å². The minimum Gasteiger partial charge on any atom is -0.462 e. The summed E-state index contributed by atoms with van der Waals surface area (Å²) in [5, 5.41) is 11.2. The summed E-state index contributed by atoms with van der Waals surface area (Å²) >= 11 is 0. The van der Waals surface area contributed by atoms with Gasteiger partial charge in [0.2, 0.25) is 0 Å². The first-order valence-corrected chi connectivity index (χ1v) is 6.30. The molecule has 0 spiro atoms. The van der Waals surface area contributed by atoms with Crippen LogP contribution < -0.4 is 0 Å². The normalized spacial score (nSPS) is 10.0. The first-order valence-electron chi connectivity index (χ1n) is 6.30. The minimum atomic E-state index is -0.935. The largest absolute Gasteiger partial charge is 0.462 e. The molecule has 0 fully saturated rings. The Bertz CT molecular complexity index is 575. The Balaban J connectivity index is 3.50.